The zero-order valence-corrected chi connectivity index (χ0v) is 49.8. The molecule has 0 heterocycles. The van der Waals surface area contributed by atoms with E-state index in [0.29, 0.717) is 150 Å². The number of ether oxygens (including phenoxy) is 10. The molecule has 0 saturated heterocycles. The molecule has 5 amide bonds. The van der Waals surface area contributed by atoms with Crippen molar-refractivity contribution in [1.82, 2.24) is 21.3 Å². The van der Waals surface area contributed by atoms with Gasteiger partial charge in [0.05, 0.1) is 119 Å². The first kappa shape index (κ1) is 80.1. The molecule has 0 aliphatic heterocycles. The van der Waals surface area contributed by atoms with Crippen LogP contribution < -0.4 is 43.5 Å². The lowest BCUT2D eigenvalue weighted by molar-refractivity contribution is -0.131. The van der Waals surface area contributed by atoms with Crippen molar-refractivity contribution < 1.29 is 71.3 Å². The molecule has 79 heavy (non-hydrogen) atoms. The Hall–Kier alpha value is -5.35. The van der Waals surface area contributed by atoms with Crippen molar-refractivity contribution in [2.75, 3.05) is 170 Å². The number of carbonyl (C=O) groups excluding carboxylic acids is 5. The summed E-state index contributed by atoms with van der Waals surface area (Å²) in [6.45, 7) is 32.1. The number of hydrogen-bond donors (Lipinski definition) is 8. The number of aryl methyl sites for hydroxylation is 1. The first-order chi connectivity index (χ1) is 38.3. The molecule has 1 unspecified atom stereocenters. The van der Waals surface area contributed by atoms with Crippen LogP contribution in [-0.2, 0) is 73.0 Å². The summed E-state index contributed by atoms with van der Waals surface area (Å²) in [6.07, 6.45) is 4.27. The zero-order chi connectivity index (χ0) is 60.0. The predicted octanol–water partition coefficient (Wildman–Crippen LogP) is 3.83. The number of methoxy groups -OCH3 is 1. The second-order valence-corrected chi connectivity index (χ2v) is 16.0. The van der Waals surface area contributed by atoms with Crippen LogP contribution in [0.1, 0.15) is 87.1 Å². The van der Waals surface area contributed by atoms with Gasteiger partial charge in [0.2, 0.25) is 17.7 Å². The fraction of sp³-hybridized carbons (Fsp3) is 0.722. The topological polar surface area (TPSA) is 327 Å². The second kappa shape index (κ2) is 63.5. The molecule has 0 aromatic heterocycles. The maximum absolute atomic E-state index is 12.6. The Morgan fingerprint density at radius 3 is 1.63 bits per heavy atom. The molecule has 1 aromatic carbocycles. The fourth-order valence-corrected chi connectivity index (χ4v) is 5.53. The molecule has 460 valence electrons. The summed E-state index contributed by atoms with van der Waals surface area (Å²) >= 11 is 0. The van der Waals surface area contributed by atoms with Crippen LogP contribution in [0.4, 0.5) is 16.2 Å². The number of rotatable bonds is 46. The van der Waals surface area contributed by atoms with Crippen molar-refractivity contribution in [3.05, 3.63) is 36.0 Å². The summed E-state index contributed by atoms with van der Waals surface area (Å²) in [5.74, 6) is 3.98. The van der Waals surface area contributed by atoms with E-state index in [9.17, 15) is 24.0 Å². The van der Waals surface area contributed by atoms with E-state index in [4.69, 9.17) is 54.2 Å². The summed E-state index contributed by atoms with van der Waals surface area (Å²) in [6, 6.07) is 4.43. The summed E-state index contributed by atoms with van der Waals surface area (Å²) in [5.41, 5.74) is 8.48. The van der Waals surface area contributed by atoms with Gasteiger partial charge in [-0.15, -0.1) is 0 Å². The lowest BCUT2D eigenvalue weighted by Crippen LogP contribution is -2.51. The number of nitrogens with two attached hydrogens (primary N) is 2. The average Bonchev–Trinajstić information content (AvgIpc) is 3.45. The first-order valence-corrected chi connectivity index (χ1v) is 27.4. The third-order valence-electron chi connectivity index (χ3n) is 9.27. The number of nitrogens with zero attached hydrogens (tertiary/aromatic N) is 2. The molecule has 1 aromatic rings. The summed E-state index contributed by atoms with van der Waals surface area (Å²) in [4.78, 5) is 61.2. The molecule has 25 heteroatoms. The molecule has 10 N–H and O–H groups in total. The lowest BCUT2D eigenvalue weighted by Gasteiger charge is -2.21. The Morgan fingerprint density at radius 1 is 0.684 bits per heavy atom. The van der Waals surface area contributed by atoms with Crippen LogP contribution in [-0.4, -0.2) is 207 Å². The minimum Gasteiger partial charge on any atom is -0.461 e. The highest BCUT2D eigenvalue weighted by Gasteiger charge is 2.24. The number of hydrazone groups is 1. The summed E-state index contributed by atoms with van der Waals surface area (Å²) < 4.78 is 52.4. The van der Waals surface area contributed by atoms with Crippen LogP contribution >= 0.6 is 0 Å². The van der Waals surface area contributed by atoms with Crippen molar-refractivity contribution in [1.29, 1.82) is 0 Å². The Kier molecular flexibility index (Phi) is 64.4. The van der Waals surface area contributed by atoms with E-state index in [-0.39, 0.29) is 37.3 Å². The van der Waals surface area contributed by atoms with E-state index < -0.39 is 18.0 Å². The van der Waals surface area contributed by atoms with Crippen molar-refractivity contribution in [2.24, 2.45) is 27.6 Å². The number of carbonyl (C=O) groups is 5. The van der Waals surface area contributed by atoms with Gasteiger partial charge in [-0.3, -0.25) is 24.2 Å². The van der Waals surface area contributed by atoms with Crippen LogP contribution in [0.25, 0.3) is 0 Å². The Morgan fingerprint density at radius 2 is 1.20 bits per heavy atom. The van der Waals surface area contributed by atoms with Crippen LogP contribution in [0.2, 0.25) is 0 Å². The van der Waals surface area contributed by atoms with Crippen molar-refractivity contribution in [3.8, 4) is 0 Å². The van der Waals surface area contributed by atoms with Gasteiger partial charge in [-0.05, 0) is 49.9 Å². The smallest absolute Gasteiger partial charge is 0.312 e. The van der Waals surface area contributed by atoms with Crippen LogP contribution in [0.5, 0.6) is 0 Å². The van der Waals surface area contributed by atoms with Gasteiger partial charge in [0.1, 0.15) is 18.4 Å². The van der Waals surface area contributed by atoms with Crippen molar-refractivity contribution >= 4 is 53.5 Å². The van der Waals surface area contributed by atoms with Crippen molar-refractivity contribution in [3.63, 3.8) is 0 Å². The third-order valence-corrected chi connectivity index (χ3v) is 9.27. The van der Waals surface area contributed by atoms with Gasteiger partial charge in [-0.1, -0.05) is 75.0 Å². The predicted molar refractivity (Wildman–Crippen MR) is 312 cm³/mol. The fourth-order valence-electron chi connectivity index (χ4n) is 5.53. The van der Waals surface area contributed by atoms with Gasteiger partial charge < -0.3 is 90.8 Å². The standard InChI is InChI=1S/C25H41N5O4.C21H41N3O10.C4H10N2O.2C2H6/c1-7-12-34-13-11-22(31)30-24(17(3)4)25(33)27-16-23(32)29-20-10-9-19(8-2)21(14-20)28-18(5)15-26-6;1-26-4-5-28-8-9-30-12-13-32-16-17-33-15-14-31-11-10-29-7-6-27-3-2-23-18-21(24-22)19-34-20-25;1-2-3-6-4(5)7;2*1-2/h9-10,14,17,24,26,28H,5,7-8,11-13,15-16H2,1-4,6H3,(H,27,33)(H,29,32)(H,30,31);18,20H,2-17,19,22H2,1H3;2-3H2,1H3,(H3,5,6,7);2*1-2H3/b;23-18?,24-21+;;;. The highest BCUT2D eigenvalue weighted by Crippen LogP contribution is 2.23. The molecule has 0 radical (unpaired) electrons. The highest BCUT2D eigenvalue weighted by molar-refractivity contribution is 6.31. The Balaban J connectivity index is -0.000000599. The van der Waals surface area contributed by atoms with Gasteiger partial charge in [-0.25, -0.2) is 4.79 Å². The van der Waals surface area contributed by atoms with E-state index in [1.54, 1.807) is 7.11 Å². The van der Waals surface area contributed by atoms with E-state index >= 15 is 0 Å². The molecular formula is C54H104N10O15. The van der Waals surface area contributed by atoms with Crippen molar-refractivity contribution in [2.45, 2.75) is 94.0 Å². The maximum atomic E-state index is 12.6. The number of hydrogen-bond acceptors (Lipinski definition) is 20. The monoisotopic (exact) mass is 1130 g/mol. The van der Waals surface area contributed by atoms with Gasteiger partial charge in [0.15, 0.2) is 0 Å². The molecular weight excluding hydrogens is 1030 g/mol. The Bertz CT molecular complexity index is 1680. The maximum Gasteiger partial charge on any atom is 0.312 e. The molecule has 0 spiro atoms. The van der Waals surface area contributed by atoms with Crippen LogP contribution in [0.15, 0.2) is 40.6 Å². The second-order valence-electron chi connectivity index (χ2n) is 16.0. The highest BCUT2D eigenvalue weighted by atomic mass is 16.6. The number of benzene rings is 1. The van der Waals surface area contributed by atoms with Gasteiger partial charge in [0.25, 0.3) is 6.47 Å². The quantitative estimate of drug-likeness (QED) is 0.0151. The normalized spacial score (nSPS) is 11.0. The largest absolute Gasteiger partial charge is 0.461 e. The van der Waals surface area contributed by atoms with Gasteiger partial charge >= 0.3 is 6.03 Å². The van der Waals surface area contributed by atoms with Crippen LogP contribution in [0, 0.1) is 5.92 Å². The minimum absolute atomic E-state index is 0.00968. The molecule has 0 bridgehead atoms. The molecule has 0 aliphatic carbocycles. The molecule has 0 fully saturated rings. The molecule has 1 atom stereocenters. The van der Waals surface area contributed by atoms with E-state index in [2.05, 4.69) is 60.2 Å². The molecule has 1 rings (SSSR count). The zero-order valence-electron chi connectivity index (χ0n) is 49.8. The lowest BCUT2D eigenvalue weighted by atomic mass is 10.0. The number of aliphatic imine (C=N–C) groups is 1. The number of likely N-dealkylation sites (N-methyl/N-ethyl adjacent to an activating group) is 1. The van der Waals surface area contributed by atoms with E-state index in [1.807, 2.05) is 80.6 Å². The van der Waals surface area contributed by atoms with E-state index in [0.717, 1.165) is 36.2 Å². The first-order valence-electron chi connectivity index (χ1n) is 27.4. The average molecular weight is 1130 g/mol. The number of amides is 5. The Labute approximate surface area is 472 Å². The molecule has 0 aliphatic rings. The minimum atomic E-state index is -0.732. The van der Waals surface area contributed by atoms with Gasteiger partial charge in [0, 0.05) is 56.5 Å². The summed E-state index contributed by atoms with van der Waals surface area (Å²) in [7, 11) is 3.48. The summed E-state index contributed by atoms with van der Waals surface area (Å²) in [5, 5.41) is 20.3. The molecule has 0 saturated carbocycles. The van der Waals surface area contributed by atoms with Crippen LogP contribution in [0.3, 0.4) is 0 Å². The number of urea groups is 1. The SMILES string of the molecule is C=C(CNC)Nc1cc(NC(=O)CNC(=O)C(NC(=O)CCOCCC)C(C)C)ccc1CC.CC.CC.CCCNC(N)=O.COCCOCCOCCOCCOCCOCCOCCOCCN=C/C(COC=O)=N\N. The van der Waals surface area contributed by atoms with Gasteiger partial charge in [-0.2, -0.15) is 5.10 Å². The third kappa shape index (κ3) is 55.8. The number of anilines is 2. The number of primary amides is 1. The number of nitrogens with one attached hydrogen (secondary N) is 6. The van der Waals surface area contributed by atoms with E-state index in [1.165, 1.54) is 6.21 Å². The molecule has 25 nitrogen and oxygen atoms in total.